The van der Waals surface area contributed by atoms with Gasteiger partial charge in [-0.05, 0) is 51.1 Å². The van der Waals surface area contributed by atoms with Gasteiger partial charge in [-0.3, -0.25) is 14.5 Å². The number of anilines is 1. The van der Waals surface area contributed by atoms with E-state index >= 15 is 0 Å². The monoisotopic (exact) mass is 342 g/mol. The Morgan fingerprint density at radius 2 is 2.04 bits per heavy atom. The van der Waals surface area contributed by atoms with Crippen LogP contribution >= 0.6 is 12.4 Å². The van der Waals surface area contributed by atoms with Crippen molar-refractivity contribution in [3.05, 3.63) is 24.3 Å². The molecule has 0 aliphatic carbocycles. The SMILES string of the molecule is CCOc1ccc(NC(=O)C(C)N2CCC(C(=O)O)C2)cc1.Cl. The first kappa shape index (κ1) is 19.3. The van der Waals surface area contributed by atoms with E-state index in [4.69, 9.17) is 9.84 Å². The number of carboxylic acids is 1. The molecule has 1 aromatic rings. The van der Waals surface area contributed by atoms with Crippen molar-refractivity contribution in [2.24, 2.45) is 5.92 Å². The Morgan fingerprint density at radius 1 is 1.39 bits per heavy atom. The summed E-state index contributed by atoms with van der Waals surface area (Å²) in [5.74, 6) is -0.532. The minimum absolute atomic E-state index is 0. The highest BCUT2D eigenvalue weighted by Gasteiger charge is 2.33. The van der Waals surface area contributed by atoms with Gasteiger partial charge in [-0.25, -0.2) is 0 Å². The Bertz CT molecular complexity index is 535. The molecule has 1 aromatic carbocycles. The molecule has 1 heterocycles. The summed E-state index contributed by atoms with van der Waals surface area (Å²) in [7, 11) is 0. The number of rotatable bonds is 6. The molecule has 7 heteroatoms. The fourth-order valence-electron chi connectivity index (χ4n) is 2.55. The van der Waals surface area contributed by atoms with Crippen LogP contribution in [0.3, 0.4) is 0 Å². The molecule has 1 saturated heterocycles. The molecule has 6 nitrogen and oxygen atoms in total. The Labute approximate surface area is 142 Å². The van der Waals surface area contributed by atoms with Gasteiger partial charge in [0, 0.05) is 12.2 Å². The zero-order valence-corrected chi connectivity index (χ0v) is 14.1. The highest BCUT2D eigenvalue weighted by atomic mass is 35.5. The maximum atomic E-state index is 12.3. The van der Waals surface area contributed by atoms with E-state index in [2.05, 4.69) is 5.32 Å². The lowest BCUT2D eigenvalue weighted by Crippen LogP contribution is -2.41. The molecule has 1 fully saturated rings. The number of carboxylic acid groups (broad SMARTS) is 1. The number of aliphatic carboxylic acids is 1. The van der Waals surface area contributed by atoms with E-state index in [1.165, 1.54) is 0 Å². The van der Waals surface area contributed by atoms with Gasteiger partial charge in [0.15, 0.2) is 0 Å². The van der Waals surface area contributed by atoms with Gasteiger partial charge in [0.25, 0.3) is 0 Å². The van der Waals surface area contributed by atoms with Gasteiger partial charge < -0.3 is 15.2 Å². The van der Waals surface area contributed by atoms with Gasteiger partial charge in [-0.15, -0.1) is 12.4 Å². The minimum Gasteiger partial charge on any atom is -0.494 e. The number of hydrogen-bond donors (Lipinski definition) is 2. The zero-order chi connectivity index (χ0) is 16.1. The fourth-order valence-corrected chi connectivity index (χ4v) is 2.55. The van der Waals surface area contributed by atoms with Crippen LogP contribution in [0.2, 0.25) is 0 Å². The van der Waals surface area contributed by atoms with Crippen LogP contribution in [-0.2, 0) is 9.59 Å². The summed E-state index contributed by atoms with van der Waals surface area (Å²) in [4.78, 5) is 25.1. The molecule has 2 rings (SSSR count). The first-order valence-corrected chi connectivity index (χ1v) is 7.51. The highest BCUT2D eigenvalue weighted by Crippen LogP contribution is 2.20. The lowest BCUT2D eigenvalue weighted by atomic mass is 10.1. The maximum Gasteiger partial charge on any atom is 0.307 e. The van der Waals surface area contributed by atoms with Crippen molar-refractivity contribution in [2.45, 2.75) is 26.3 Å². The molecular weight excluding hydrogens is 320 g/mol. The lowest BCUT2D eigenvalue weighted by molar-refractivity contribution is -0.141. The number of benzene rings is 1. The topological polar surface area (TPSA) is 78.9 Å². The van der Waals surface area contributed by atoms with Crippen LogP contribution in [0.15, 0.2) is 24.3 Å². The number of likely N-dealkylation sites (tertiary alicyclic amines) is 1. The second-order valence-corrected chi connectivity index (χ2v) is 5.44. The van der Waals surface area contributed by atoms with Crippen molar-refractivity contribution >= 4 is 30.0 Å². The molecule has 0 aromatic heterocycles. The molecule has 0 radical (unpaired) electrons. The standard InChI is InChI=1S/C16H22N2O4.ClH/c1-3-22-14-6-4-13(5-7-14)17-15(19)11(2)18-9-8-12(10-18)16(20)21;/h4-7,11-12H,3,8-10H2,1-2H3,(H,17,19)(H,20,21);1H. The molecule has 23 heavy (non-hydrogen) atoms. The predicted molar refractivity (Wildman–Crippen MR) is 90.3 cm³/mol. The first-order chi connectivity index (χ1) is 10.5. The summed E-state index contributed by atoms with van der Waals surface area (Å²) in [6, 6.07) is 6.84. The van der Waals surface area contributed by atoms with Crippen molar-refractivity contribution in [2.75, 3.05) is 25.0 Å². The molecule has 0 saturated carbocycles. The van der Waals surface area contributed by atoms with Crippen LogP contribution in [0, 0.1) is 5.92 Å². The fraction of sp³-hybridized carbons (Fsp3) is 0.500. The van der Waals surface area contributed by atoms with E-state index in [0.717, 1.165) is 5.75 Å². The van der Waals surface area contributed by atoms with Crippen LogP contribution < -0.4 is 10.1 Å². The van der Waals surface area contributed by atoms with Crippen molar-refractivity contribution in [1.82, 2.24) is 4.90 Å². The number of halogens is 1. The van der Waals surface area contributed by atoms with E-state index in [-0.39, 0.29) is 30.3 Å². The molecular formula is C16H23ClN2O4. The summed E-state index contributed by atoms with van der Waals surface area (Å²) in [5, 5.41) is 11.9. The van der Waals surface area contributed by atoms with E-state index < -0.39 is 5.97 Å². The Hall–Kier alpha value is -1.79. The third-order valence-corrected chi connectivity index (χ3v) is 3.93. The lowest BCUT2D eigenvalue weighted by Gasteiger charge is -2.23. The molecule has 128 valence electrons. The third kappa shape index (κ3) is 5.11. The van der Waals surface area contributed by atoms with Gasteiger partial charge in [0.1, 0.15) is 5.75 Å². The highest BCUT2D eigenvalue weighted by molar-refractivity contribution is 5.94. The largest absolute Gasteiger partial charge is 0.494 e. The molecule has 0 spiro atoms. The number of carbonyl (C=O) groups is 2. The van der Waals surface area contributed by atoms with Crippen molar-refractivity contribution in [3.63, 3.8) is 0 Å². The smallest absolute Gasteiger partial charge is 0.307 e. The molecule has 1 aliphatic rings. The average Bonchev–Trinajstić information content (AvgIpc) is 2.99. The number of hydrogen-bond acceptors (Lipinski definition) is 4. The predicted octanol–water partition coefficient (Wildman–Crippen LogP) is 2.24. The van der Waals surface area contributed by atoms with Crippen molar-refractivity contribution in [1.29, 1.82) is 0 Å². The summed E-state index contributed by atoms with van der Waals surface area (Å²) in [5.41, 5.74) is 0.703. The summed E-state index contributed by atoms with van der Waals surface area (Å²) < 4.78 is 5.35. The van der Waals surface area contributed by atoms with Crippen LogP contribution in [0.1, 0.15) is 20.3 Å². The van der Waals surface area contributed by atoms with Crippen LogP contribution in [0.4, 0.5) is 5.69 Å². The van der Waals surface area contributed by atoms with Gasteiger partial charge in [0.05, 0.1) is 18.6 Å². The Balaban J connectivity index is 0.00000264. The van der Waals surface area contributed by atoms with E-state index in [9.17, 15) is 9.59 Å². The Morgan fingerprint density at radius 3 is 2.57 bits per heavy atom. The van der Waals surface area contributed by atoms with Gasteiger partial charge in [0.2, 0.25) is 5.91 Å². The summed E-state index contributed by atoms with van der Waals surface area (Å²) in [6.07, 6.45) is 0.593. The van der Waals surface area contributed by atoms with Gasteiger partial charge in [-0.2, -0.15) is 0 Å². The number of nitrogens with zero attached hydrogens (tertiary/aromatic N) is 1. The number of amides is 1. The Kier molecular flexibility index (Phi) is 7.32. The molecule has 1 aliphatic heterocycles. The van der Waals surface area contributed by atoms with Gasteiger partial charge in [-0.1, -0.05) is 0 Å². The second kappa shape index (κ2) is 8.74. The number of ether oxygens (including phenoxy) is 1. The van der Waals surface area contributed by atoms with Crippen LogP contribution in [-0.4, -0.2) is 47.6 Å². The molecule has 2 atom stereocenters. The molecule has 2 N–H and O–H groups in total. The number of nitrogens with one attached hydrogen (secondary N) is 1. The summed E-state index contributed by atoms with van der Waals surface area (Å²) >= 11 is 0. The van der Waals surface area contributed by atoms with Crippen LogP contribution in [0.5, 0.6) is 5.75 Å². The minimum atomic E-state index is -0.790. The second-order valence-electron chi connectivity index (χ2n) is 5.44. The van der Waals surface area contributed by atoms with Crippen molar-refractivity contribution in [3.8, 4) is 5.75 Å². The van der Waals surface area contributed by atoms with E-state index in [1.807, 2.05) is 11.8 Å². The third-order valence-electron chi connectivity index (χ3n) is 3.93. The molecule has 0 bridgehead atoms. The molecule has 1 amide bonds. The molecule has 2 unspecified atom stereocenters. The first-order valence-electron chi connectivity index (χ1n) is 7.51. The van der Waals surface area contributed by atoms with Crippen molar-refractivity contribution < 1.29 is 19.4 Å². The normalized spacial score (nSPS) is 18.8. The quantitative estimate of drug-likeness (QED) is 0.829. The van der Waals surface area contributed by atoms with Gasteiger partial charge >= 0.3 is 5.97 Å². The summed E-state index contributed by atoms with van der Waals surface area (Å²) in [6.45, 7) is 5.37. The van der Waals surface area contributed by atoms with Crippen LogP contribution in [0.25, 0.3) is 0 Å². The average molecular weight is 343 g/mol. The van der Waals surface area contributed by atoms with E-state index in [1.54, 1.807) is 31.2 Å². The van der Waals surface area contributed by atoms with E-state index in [0.29, 0.717) is 31.8 Å². The number of carbonyl (C=O) groups excluding carboxylic acids is 1. The maximum absolute atomic E-state index is 12.3. The zero-order valence-electron chi connectivity index (χ0n) is 13.3.